The van der Waals surface area contributed by atoms with Crippen molar-refractivity contribution in [1.29, 1.82) is 0 Å². The molecule has 3 aromatic heterocycles. The Hall–Kier alpha value is -2.36. The Kier molecular flexibility index (Phi) is 5.17. The lowest BCUT2D eigenvalue weighted by atomic mass is 10.1. The van der Waals surface area contributed by atoms with Crippen molar-refractivity contribution in [3.05, 3.63) is 52.5 Å². The molecule has 1 aromatic carbocycles. The van der Waals surface area contributed by atoms with Crippen LogP contribution in [0.15, 0.2) is 41.8 Å². The molecule has 6 rings (SSSR count). The van der Waals surface area contributed by atoms with Gasteiger partial charge in [-0.1, -0.05) is 42.4 Å². The van der Waals surface area contributed by atoms with Gasteiger partial charge in [0.1, 0.15) is 6.04 Å². The van der Waals surface area contributed by atoms with Crippen molar-refractivity contribution < 1.29 is 0 Å². The van der Waals surface area contributed by atoms with E-state index in [2.05, 4.69) is 71.8 Å². The lowest BCUT2D eigenvalue weighted by Gasteiger charge is -2.38. The minimum Gasteiger partial charge on any atom is -0.345 e. The molecule has 1 aliphatic carbocycles. The Labute approximate surface area is 189 Å². The molecule has 160 valence electrons. The predicted octanol–water partition coefficient (Wildman–Crippen LogP) is 4.37. The molecule has 1 aliphatic heterocycles. The number of fused-ring (bicyclic) bond motifs is 1. The Morgan fingerprint density at radius 3 is 2.58 bits per heavy atom. The molecule has 1 saturated carbocycles. The van der Waals surface area contributed by atoms with Crippen molar-refractivity contribution >= 4 is 38.0 Å². The van der Waals surface area contributed by atoms with Gasteiger partial charge in [0.25, 0.3) is 0 Å². The molecule has 1 saturated heterocycles. The maximum atomic E-state index is 4.86. The molecule has 0 unspecified atom stereocenters. The smallest absolute Gasteiger partial charge is 0.186 e. The Bertz CT molecular complexity index is 1100. The van der Waals surface area contributed by atoms with Crippen LogP contribution in [0, 0.1) is 0 Å². The molecule has 31 heavy (non-hydrogen) atoms. The van der Waals surface area contributed by atoms with Gasteiger partial charge < -0.3 is 4.90 Å². The van der Waals surface area contributed by atoms with E-state index in [1.807, 2.05) is 0 Å². The summed E-state index contributed by atoms with van der Waals surface area (Å²) in [6.07, 6.45) is 4.91. The monoisotopic (exact) mass is 451 g/mol. The maximum absolute atomic E-state index is 4.86. The molecule has 0 bridgehead atoms. The minimum atomic E-state index is 0.119. The molecule has 2 fully saturated rings. The minimum absolute atomic E-state index is 0.119. The number of thiazole rings is 1. The van der Waals surface area contributed by atoms with E-state index in [0.29, 0.717) is 6.04 Å². The molecule has 4 heterocycles. The van der Waals surface area contributed by atoms with E-state index in [4.69, 9.17) is 4.98 Å². The number of rotatable bonds is 5. The van der Waals surface area contributed by atoms with Gasteiger partial charge in [0.05, 0.1) is 16.3 Å². The van der Waals surface area contributed by atoms with Crippen molar-refractivity contribution in [2.75, 3.05) is 31.1 Å². The number of piperazine rings is 1. The second-order valence-corrected chi connectivity index (χ2v) is 10.3. The van der Waals surface area contributed by atoms with Crippen molar-refractivity contribution in [3.63, 3.8) is 0 Å². The van der Waals surface area contributed by atoms with Gasteiger partial charge in [-0.25, -0.2) is 9.67 Å². The number of hydrogen-bond acceptors (Lipinski definition) is 8. The van der Waals surface area contributed by atoms with Gasteiger partial charge in [-0.2, -0.15) is 0 Å². The zero-order valence-corrected chi connectivity index (χ0v) is 18.9. The first-order valence-corrected chi connectivity index (χ1v) is 12.7. The first kappa shape index (κ1) is 19.3. The molecule has 0 spiro atoms. The number of aromatic nitrogens is 5. The molecule has 2 aliphatic rings. The number of para-hydroxylation sites is 1. The van der Waals surface area contributed by atoms with E-state index >= 15 is 0 Å². The molecule has 1 atom stereocenters. The van der Waals surface area contributed by atoms with Gasteiger partial charge in [0.2, 0.25) is 0 Å². The Morgan fingerprint density at radius 2 is 1.81 bits per heavy atom. The van der Waals surface area contributed by atoms with E-state index in [-0.39, 0.29) is 6.04 Å². The molecule has 0 radical (unpaired) electrons. The summed E-state index contributed by atoms with van der Waals surface area (Å²) in [5.41, 5.74) is 1.09. The van der Waals surface area contributed by atoms with Gasteiger partial charge in [-0.15, -0.1) is 16.4 Å². The number of thiophene rings is 1. The number of benzene rings is 1. The van der Waals surface area contributed by atoms with E-state index < -0.39 is 0 Å². The van der Waals surface area contributed by atoms with Crippen LogP contribution in [-0.4, -0.2) is 56.3 Å². The highest BCUT2D eigenvalue weighted by Gasteiger charge is 2.34. The second kappa shape index (κ2) is 8.29. The lowest BCUT2D eigenvalue weighted by molar-refractivity contribution is 0.200. The molecule has 0 amide bonds. The van der Waals surface area contributed by atoms with E-state index in [9.17, 15) is 0 Å². The average molecular weight is 452 g/mol. The fourth-order valence-corrected chi connectivity index (χ4v) is 6.75. The van der Waals surface area contributed by atoms with Gasteiger partial charge in [0, 0.05) is 31.1 Å². The van der Waals surface area contributed by atoms with Crippen LogP contribution >= 0.6 is 22.7 Å². The van der Waals surface area contributed by atoms with Gasteiger partial charge in [-0.05, 0) is 46.8 Å². The first-order chi connectivity index (χ1) is 15.4. The number of hydrogen-bond donors (Lipinski definition) is 0. The summed E-state index contributed by atoms with van der Waals surface area (Å²) in [6.45, 7) is 3.87. The average Bonchev–Trinajstić information content (AvgIpc) is 3.61. The summed E-state index contributed by atoms with van der Waals surface area (Å²) < 4.78 is 3.38. The van der Waals surface area contributed by atoms with Crippen LogP contribution in [0.4, 0.5) is 5.13 Å². The van der Waals surface area contributed by atoms with E-state index in [1.165, 1.54) is 35.3 Å². The van der Waals surface area contributed by atoms with Crippen LogP contribution in [-0.2, 0) is 0 Å². The zero-order valence-electron chi connectivity index (χ0n) is 17.3. The quantitative estimate of drug-likeness (QED) is 0.449. The van der Waals surface area contributed by atoms with Crippen molar-refractivity contribution in [1.82, 2.24) is 30.1 Å². The number of tetrazole rings is 1. The standard InChI is InChI=1S/C22H25N7S2/c1-2-7-16(6-1)29-21(24-25-26-29)20(19-10-5-15-30-19)27-11-13-28(14-12-27)22-23-17-8-3-4-9-18(17)31-22/h3-5,8-10,15-16,20H,1-2,6-7,11-14H2/t20-/m1/s1. The summed E-state index contributed by atoms with van der Waals surface area (Å²) in [7, 11) is 0. The predicted molar refractivity (Wildman–Crippen MR) is 125 cm³/mol. The highest BCUT2D eigenvalue weighted by molar-refractivity contribution is 7.22. The van der Waals surface area contributed by atoms with E-state index in [0.717, 1.165) is 42.7 Å². The first-order valence-electron chi connectivity index (χ1n) is 11.0. The SMILES string of the molecule is c1csc([C@H](c2nnnn2C2CCCC2)N2CCN(c3nc4ccccc4s3)CC2)c1. The number of anilines is 1. The zero-order chi connectivity index (χ0) is 20.6. The second-order valence-electron chi connectivity index (χ2n) is 8.33. The molecular formula is C22H25N7S2. The van der Waals surface area contributed by atoms with Crippen LogP contribution in [0.3, 0.4) is 0 Å². The Morgan fingerprint density at radius 1 is 0.968 bits per heavy atom. The third kappa shape index (κ3) is 3.64. The van der Waals surface area contributed by atoms with Crippen molar-refractivity contribution in [3.8, 4) is 0 Å². The van der Waals surface area contributed by atoms with Crippen LogP contribution in [0.2, 0.25) is 0 Å². The van der Waals surface area contributed by atoms with Gasteiger partial charge in [0.15, 0.2) is 11.0 Å². The normalized spacial score (nSPS) is 19.4. The van der Waals surface area contributed by atoms with Crippen LogP contribution < -0.4 is 4.90 Å². The summed E-state index contributed by atoms with van der Waals surface area (Å²) in [4.78, 5) is 11.2. The van der Waals surface area contributed by atoms with Crippen LogP contribution in [0.25, 0.3) is 10.2 Å². The highest BCUT2D eigenvalue weighted by atomic mass is 32.1. The number of nitrogens with zero attached hydrogens (tertiary/aromatic N) is 7. The largest absolute Gasteiger partial charge is 0.345 e. The topological polar surface area (TPSA) is 63.0 Å². The third-order valence-electron chi connectivity index (χ3n) is 6.48. The van der Waals surface area contributed by atoms with E-state index in [1.54, 1.807) is 22.7 Å². The molecule has 9 heteroatoms. The molecule has 7 nitrogen and oxygen atoms in total. The molecule has 4 aromatic rings. The molecular weight excluding hydrogens is 426 g/mol. The maximum Gasteiger partial charge on any atom is 0.186 e. The summed E-state index contributed by atoms with van der Waals surface area (Å²) in [6, 6.07) is 13.3. The lowest BCUT2D eigenvalue weighted by Crippen LogP contribution is -2.48. The fourth-order valence-electron chi connectivity index (χ4n) is 4.87. The van der Waals surface area contributed by atoms with Gasteiger partial charge in [-0.3, -0.25) is 4.90 Å². The van der Waals surface area contributed by atoms with Crippen molar-refractivity contribution in [2.24, 2.45) is 0 Å². The summed E-state index contributed by atoms with van der Waals surface area (Å²) >= 11 is 3.59. The summed E-state index contributed by atoms with van der Waals surface area (Å²) in [5.74, 6) is 1.00. The molecule has 0 N–H and O–H groups in total. The van der Waals surface area contributed by atoms with Gasteiger partial charge >= 0.3 is 0 Å². The van der Waals surface area contributed by atoms with Crippen LogP contribution in [0.5, 0.6) is 0 Å². The Balaban J connectivity index is 1.25. The van der Waals surface area contributed by atoms with Crippen molar-refractivity contribution in [2.45, 2.75) is 37.8 Å². The fraction of sp³-hybridized carbons (Fsp3) is 0.455. The highest BCUT2D eigenvalue weighted by Crippen LogP contribution is 2.36. The van der Waals surface area contributed by atoms with Crippen LogP contribution in [0.1, 0.15) is 48.5 Å². The summed E-state index contributed by atoms with van der Waals surface area (Å²) in [5, 5.41) is 16.4. The third-order valence-corrected chi connectivity index (χ3v) is 8.50.